The van der Waals surface area contributed by atoms with Crippen LogP contribution in [0.1, 0.15) is 65.2 Å². The molecule has 0 saturated heterocycles. The first-order valence-electron chi connectivity index (χ1n) is 7.58. The molecular formula is C16H30O3. The Morgan fingerprint density at radius 2 is 1.42 bits per heavy atom. The van der Waals surface area contributed by atoms with Crippen LogP contribution >= 0.6 is 0 Å². The van der Waals surface area contributed by atoms with Gasteiger partial charge in [0, 0.05) is 18.8 Å². The first-order valence-corrected chi connectivity index (χ1v) is 7.58. The van der Waals surface area contributed by atoms with Gasteiger partial charge >= 0.3 is 5.97 Å². The zero-order valence-electron chi connectivity index (χ0n) is 12.7. The van der Waals surface area contributed by atoms with Crippen LogP contribution in [0.5, 0.6) is 0 Å². The maximum atomic E-state index is 11.1. The summed E-state index contributed by atoms with van der Waals surface area (Å²) >= 11 is 0. The van der Waals surface area contributed by atoms with E-state index in [0.29, 0.717) is 12.2 Å². The summed E-state index contributed by atoms with van der Waals surface area (Å²) in [6.07, 6.45) is 9.40. The van der Waals surface area contributed by atoms with E-state index in [1.54, 1.807) is 6.92 Å². The highest BCUT2D eigenvalue weighted by Gasteiger charge is 2.01. The predicted octanol–water partition coefficient (Wildman–Crippen LogP) is 4.26. The van der Waals surface area contributed by atoms with E-state index in [2.05, 4.69) is 13.5 Å². The van der Waals surface area contributed by atoms with Gasteiger partial charge in [-0.25, -0.2) is 4.79 Å². The highest BCUT2D eigenvalue weighted by Crippen LogP contribution is 2.07. The Balaban J connectivity index is 3.07. The SMILES string of the molecule is C=C(C)C(=O)OCCCCCCCCCOCCC. The van der Waals surface area contributed by atoms with Gasteiger partial charge in [0.2, 0.25) is 0 Å². The Morgan fingerprint density at radius 3 is 1.95 bits per heavy atom. The number of esters is 1. The van der Waals surface area contributed by atoms with Crippen molar-refractivity contribution in [3.63, 3.8) is 0 Å². The van der Waals surface area contributed by atoms with Gasteiger partial charge in [-0.05, 0) is 26.2 Å². The Morgan fingerprint density at radius 1 is 0.895 bits per heavy atom. The molecule has 0 aromatic heterocycles. The number of hydrogen-bond donors (Lipinski definition) is 0. The molecule has 0 unspecified atom stereocenters. The minimum absolute atomic E-state index is 0.271. The average molecular weight is 270 g/mol. The maximum Gasteiger partial charge on any atom is 0.333 e. The second-order valence-electron chi connectivity index (χ2n) is 5.00. The fourth-order valence-corrected chi connectivity index (χ4v) is 1.72. The molecule has 112 valence electrons. The van der Waals surface area contributed by atoms with E-state index in [1.807, 2.05) is 0 Å². The summed E-state index contributed by atoms with van der Waals surface area (Å²) in [6.45, 7) is 9.68. The molecule has 0 radical (unpaired) electrons. The highest BCUT2D eigenvalue weighted by atomic mass is 16.5. The van der Waals surface area contributed by atoms with Gasteiger partial charge in [0.25, 0.3) is 0 Å². The molecule has 0 saturated carbocycles. The van der Waals surface area contributed by atoms with Crippen molar-refractivity contribution in [3.05, 3.63) is 12.2 Å². The highest BCUT2D eigenvalue weighted by molar-refractivity contribution is 5.86. The third-order valence-electron chi connectivity index (χ3n) is 2.86. The zero-order chi connectivity index (χ0) is 14.3. The molecule has 0 spiro atoms. The van der Waals surface area contributed by atoms with Crippen LogP contribution in [0.4, 0.5) is 0 Å². The summed E-state index contributed by atoms with van der Waals surface area (Å²) in [5.41, 5.74) is 0.477. The van der Waals surface area contributed by atoms with Crippen molar-refractivity contribution >= 4 is 5.97 Å². The maximum absolute atomic E-state index is 11.1. The average Bonchev–Trinajstić information content (AvgIpc) is 2.39. The predicted molar refractivity (Wildman–Crippen MR) is 79.2 cm³/mol. The summed E-state index contributed by atoms with van der Waals surface area (Å²) in [4.78, 5) is 11.1. The van der Waals surface area contributed by atoms with E-state index in [-0.39, 0.29) is 5.97 Å². The number of carbonyl (C=O) groups is 1. The van der Waals surface area contributed by atoms with Crippen molar-refractivity contribution in [1.82, 2.24) is 0 Å². The van der Waals surface area contributed by atoms with E-state index in [9.17, 15) is 4.79 Å². The van der Waals surface area contributed by atoms with Crippen molar-refractivity contribution in [2.24, 2.45) is 0 Å². The zero-order valence-corrected chi connectivity index (χ0v) is 12.7. The lowest BCUT2D eigenvalue weighted by Gasteiger charge is -2.05. The lowest BCUT2D eigenvalue weighted by molar-refractivity contribution is -0.139. The van der Waals surface area contributed by atoms with Gasteiger partial charge in [-0.1, -0.05) is 45.6 Å². The molecular weight excluding hydrogens is 240 g/mol. The van der Waals surface area contributed by atoms with Crippen LogP contribution in [0.15, 0.2) is 12.2 Å². The first-order chi connectivity index (χ1) is 9.18. The minimum atomic E-state index is -0.271. The van der Waals surface area contributed by atoms with Crippen molar-refractivity contribution in [1.29, 1.82) is 0 Å². The number of unbranched alkanes of at least 4 members (excludes halogenated alkanes) is 6. The molecule has 0 aromatic carbocycles. The summed E-state index contributed by atoms with van der Waals surface area (Å²) in [5.74, 6) is -0.271. The fourth-order valence-electron chi connectivity index (χ4n) is 1.72. The van der Waals surface area contributed by atoms with Gasteiger partial charge in [0.05, 0.1) is 6.61 Å². The second-order valence-corrected chi connectivity index (χ2v) is 5.00. The summed E-state index contributed by atoms with van der Waals surface area (Å²) in [5, 5.41) is 0. The first kappa shape index (κ1) is 18.2. The molecule has 0 amide bonds. The molecule has 0 rings (SSSR count). The molecule has 3 nitrogen and oxygen atoms in total. The third kappa shape index (κ3) is 13.4. The molecule has 19 heavy (non-hydrogen) atoms. The van der Waals surface area contributed by atoms with Gasteiger partial charge in [-0.15, -0.1) is 0 Å². The van der Waals surface area contributed by atoms with E-state index >= 15 is 0 Å². The molecule has 0 atom stereocenters. The normalized spacial score (nSPS) is 10.4. The lowest BCUT2D eigenvalue weighted by Crippen LogP contribution is -2.05. The quantitative estimate of drug-likeness (QED) is 0.285. The van der Waals surface area contributed by atoms with Crippen LogP contribution in [-0.2, 0) is 14.3 Å². The fraction of sp³-hybridized carbons (Fsp3) is 0.812. The molecule has 0 bridgehead atoms. The van der Waals surface area contributed by atoms with Crippen LogP contribution in [0, 0.1) is 0 Å². The molecule has 0 fully saturated rings. The lowest BCUT2D eigenvalue weighted by atomic mass is 10.1. The van der Waals surface area contributed by atoms with Crippen LogP contribution < -0.4 is 0 Å². The number of rotatable bonds is 13. The molecule has 0 aliphatic carbocycles. The monoisotopic (exact) mass is 270 g/mol. The van der Waals surface area contributed by atoms with Crippen molar-refractivity contribution in [2.75, 3.05) is 19.8 Å². The summed E-state index contributed by atoms with van der Waals surface area (Å²) in [7, 11) is 0. The van der Waals surface area contributed by atoms with Gasteiger partial charge in [-0.2, -0.15) is 0 Å². The number of carbonyl (C=O) groups excluding carboxylic acids is 1. The molecule has 0 heterocycles. The van der Waals surface area contributed by atoms with Gasteiger partial charge in [0.15, 0.2) is 0 Å². The van der Waals surface area contributed by atoms with E-state index in [4.69, 9.17) is 9.47 Å². The van der Waals surface area contributed by atoms with Crippen LogP contribution in [-0.4, -0.2) is 25.8 Å². The van der Waals surface area contributed by atoms with E-state index in [1.165, 1.54) is 32.1 Å². The Hall–Kier alpha value is -0.830. The Labute approximate surface area is 118 Å². The van der Waals surface area contributed by atoms with Crippen LogP contribution in [0.2, 0.25) is 0 Å². The Bertz CT molecular complexity index is 236. The molecule has 0 aliphatic rings. The molecule has 0 aromatic rings. The Kier molecular flexibility index (Phi) is 13.0. The second kappa shape index (κ2) is 13.6. The van der Waals surface area contributed by atoms with Gasteiger partial charge < -0.3 is 9.47 Å². The van der Waals surface area contributed by atoms with Crippen molar-refractivity contribution in [2.45, 2.75) is 65.2 Å². The van der Waals surface area contributed by atoms with Crippen molar-refractivity contribution < 1.29 is 14.3 Å². The summed E-state index contributed by atoms with van der Waals surface area (Å²) < 4.78 is 10.5. The van der Waals surface area contributed by atoms with Crippen LogP contribution in [0.3, 0.4) is 0 Å². The standard InChI is InChI=1S/C16H30O3/c1-4-12-18-13-10-8-6-5-7-9-11-14-19-16(17)15(2)3/h2,4-14H2,1,3H3. The van der Waals surface area contributed by atoms with E-state index < -0.39 is 0 Å². The van der Waals surface area contributed by atoms with Crippen LogP contribution in [0.25, 0.3) is 0 Å². The smallest absolute Gasteiger partial charge is 0.333 e. The number of hydrogen-bond acceptors (Lipinski definition) is 3. The molecule has 0 aliphatic heterocycles. The van der Waals surface area contributed by atoms with E-state index in [0.717, 1.165) is 32.5 Å². The number of ether oxygens (including phenoxy) is 2. The van der Waals surface area contributed by atoms with Gasteiger partial charge in [-0.3, -0.25) is 0 Å². The topological polar surface area (TPSA) is 35.5 Å². The summed E-state index contributed by atoms with van der Waals surface area (Å²) in [6, 6.07) is 0. The third-order valence-corrected chi connectivity index (χ3v) is 2.86. The molecule has 3 heteroatoms. The largest absolute Gasteiger partial charge is 0.462 e. The van der Waals surface area contributed by atoms with Crippen molar-refractivity contribution in [3.8, 4) is 0 Å². The molecule has 0 N–H and O–H groups in total. The minimum Gasteiger partial charge on any atom is -0.462 e. The van der Waals surface area contributed by atoms with Gasteiger partial charge in [0.1, 0.15) is 0 Å².